The van der Waals surface area contributed by atoms with Crippen molar-refractivity contribution in [3.05, 3.63) is 11.1 Å². The number of carbonyl (C=O) groups is 3. The molecule has 0 aromatic rings. The number of ether oxygens (including phenoxy) is 1. The Hall–Kier alpha value is -1.65. The largest absolute Gasteiger partial charge is 0.481 e. The lowest BCUT2D eigenvalue weighted by Crippen LogP contribution is -2.13. The Bertz CT molecular complexity index is 391. The summed E-state index contributed by atoms with van der Waals surface area (Å²) in [6, 6.07) is 0. The summed E-state index contributed by atoms with van der Waals surface area (Å²) in [5.74, 6) is -1.80. The van der Waals surface area contributed by atoms with Crippen LogP contribution in [-0.2, 0) is 19.1 Å². The van der Waals surface area contributed by atoms with Crippen molar-refractivity contribution in [3.8, 4) is 0 Å². The monoisotopic (exact) mass is 298 g/mol. The summed E-state index contributed by atoms with van der Waals surface area (Å²) < 4.78 is 4.74. The highest BCUT2D eigenvalue weighted by Gasteiger charge is 2.12. The molecule has 0 radical (unpaired) electrons. The molecule has 0 spiro atoms. The second kappa shape index (κ2) is 11.1. The van der Waals surface area contributed by atoms with Crippen LogP contribution in [-0.4, -0.2) is 23.0 Å². The smallest absolute Gasteiger partial charge is 0.341 e. The van der Waals surface area contributed by atoms with Gasteiger partial charge in [-0.05, 0) is 33.6 Å². The van der Waals surface area contributed by atoms with Crippen molar-refractivity contribution in [1.29, 1.82) is 0 Å². The van der Waals surface area contributed by atoms with E-state index in [2.05, 4.69) is 0 Å². The summed E-state index contributed by atoms with van der Waals surface area (Å²) in [5.41, 5.74) is 1.32. The van der Waals surface area contributed by atoms with Crippen molar-refractivity contribution in [1.82, 2.24) is 0 Å². The van der Waals surface area contributed by atoms with Crippen LogP contribution in [0.15, 0.2) is 11.1 Å². The Morgan fingerprint density at radius 3 is 1.76 bits per heavy atom. The first-order valence-electron chi connectivity index (χ1n) is 7.45. The first-order chi connectivity index (χ1) is 9.84. The second-order valence-electron chi connectivity index (χ2n) is 5.40. The van der Waals surface area contributed by atoms with Gasteiger partial charge in [-0.1, -0.05) is 31.3 Å². The van der Waals surface area contributed by atoms with Gasteiger partial charge in [0.25, 0.3) is 0 Å². The number of carboxylic acids is 1. The number of hydrogen-bond acceptors (Lipinski definition) is 4. The maximum Gasteiger partial charge on any atom is 0.341 e. The number of rotatable bonds is 10. The Morgan fingerprint density at radius 1 is 0.810 bits per heavy atom. The summed E-state index contributed by atoms with van der Waals surface area (Å²) in [7, 11) is 0. The molecule has 21 heavy (non-hydrogen) atoms. The molecule has 0 fully saturated rings. The zero-order valence-electron chi connectivity index (χ0n) is 13.2. The van der Waals surface area contributed by atoms with Gasteiger partial charge in [0.15, 0.2) is 0 Å². The molecule has 1 N–H and O–H groups in total. The summed E-state index contributed by atoms with van der Waals surface area (Å²) in [4.78, 5) is 33.3. The van der Waals surface area contributed by atoms with Gasteiger partial charge in [-0.2, -0.15) is 0 Å². The van der Waals surface area contributed by atoms with Crippen LogP contribution in [0.25, 0.3) is 0 Å². The van der Waals surface area contributed by atoms with E-state index in [1.165, 1.54) is 0 Å². The van der Waals surface area contributed by atoms with Gasteiger partial charge in [-0.15, -0.1) is 0 Å². The number of hydrogen-bond donors (Lipinski definition) is 1. The SMILES string of the molecule is CC(C)=C(C)C(=O)OC(=O)CCCCCCCCC(=O)O. The highest BCUT2D eigenvalue weighted by atomic mass is 16.6. The summed E-state index contributed by atoms with van der Waals surface area (Å²) >= 11 is 0. The minimum atomic E-state index is -0.755. The summed E-state index contributed by atoms with van der Waals surface area (Å²) in [6.45, 7) is 5.24. The van der Waals surface area contributed by atoms with Gasteiger partial charge in [0.05, 0.1) is 0 Å². The van der Waals surface area contributed by atoms with Gasteiger partial charge >= 0.3 is 17.9 Å². The summed E-state index contributed by atoms with van der Waals surface area (Å²) in [6.07, 6.45) is 5.58. The van der Waals surface area contributed by atoms with Gasteiger partial charge in [0.2, 0.25) is 0 Å². The van der Waals surface area contributed by atoms with Crippen molar-refractivity contribution in [2.45, 2.75) is 72.1 Å². The average Bonchev–Trinajstić information content (AvgIpc) is 2.40. The molecule has 0 amide bonds. The molecule has 0 saturated carbocycles. The fourth-order valence-electron chi connectivity index (χ4n) is 1.69. The number of allylic oxidation sites excluding steroid dienone is 1. The molecular weight excluding hydrogens is 272 g/mol. The predicted octanol–water partition coefficient (Wildman–Crippen LogP) is 3.62. The number of carboxylic acid groups (broad SMARTS) is 1. The van der Waals surface area contributed by atoms with E-state index >= 15 is 0 Å². The molecule has 0 unspecified atom stereocenters. The minimum absolute atomic E-state index is 0.220. The van der Waals surface area contributed by atoms with E-state index in [9.17, 15) is 14.4 Å². The van der Waals surface area contributed by atoms with E-state index in [4.69, 9.17) is 9.84 Å². The highest BCUT2D eigenvalue weighted by molar-refractivity contribution is 5.96. The van der Waals surface area contributed by atoms with E-state index < -0.39 is 17.9 Å². The Labute approximate surface area is 126 Å². The number of esters is 2. The topological polar surface area (TPSA) is 80.7 Å². The zero-order valence-corrected chi connectivity index (χ0v) is 13.2. The predicted molar refractivity (Wildman–Crippen MR) is 79.7 cm³/mol. The van der Waals surface area contributed by atoms with Crippen molar-refractivity contribution >= 4 is 17.9 Å². The third kappa shape index (κ3) is 10.8. The van der Waals surface area contributed by atoms with E-state index in [-0.39, 0.29) is 12.8 Å². The molecule has 5 heteroatoms. The molecule has 0 rings (SSSR count). The maximum absolute atomic E-state index is 11.5. The highest BCUT2D eigenvalue weighted by Crippen LogP contribution is 2.10. The summed E-state index contributed by atoms with van der Waals surface area (Å²) in [5, 5.41) is 8.48. The van der Waals surface area contributed by atoms with Gasteiger partial charge in [0.1, 0.15) is 0 Å². The molecule has 120 valence electrons. The molecule has 0 atom stereocenters. The van der Waals surface area contributed by atoms with Gasteiger partial charge in [0, 0.05) is 18.4 Å². The molecule has 0 aliphatic rings. The van der Waals surface area contributed by atoms with Crippen LogP contribution >= 0.6 is 0 Å². The third-order valence-electron chi connectivity index (χ3n) is 3.28. The third-order valence-corrected chi connectivity index (χ3v) is 3.28. The number of aliphatic carboxylic acids is 1. The quantitative estimate of drug-likeness (QED) is 0.288. The maximum atomic E-state index is 11.5. The van der Waals surface area contributed by atoms with Gasteiger partial charge < -0.3 is 9.84 Å². The molecule has 0 aliphatic heterocycles. The van der Waals surface area contributed by atoms with Crippen LogP contribution in [0.1, 0.15) is 72.1 Å². The minimum Gasteiger partial charge on any atom is -0.481 e. The number of carbonyl (C=O) groups excluding carboxylic acids is 2. The molecule has 0 aromatic heterocycles. The molecule has 0 saturated heterocycles. The van der Waals surface area contributed by atoms with Crippen LogP contribution in [0.3, 0.4) is 0 Å². The molecular formula is C16H26O5. The van der Waals surface area contributed by atoms with E-state index in [0.29, 0.717) is 18.4 Å². The van der Waals surface area contributed by atoms with Gasteiger partial charge in [-0.3, -0.25) is 9.59 Å². The van der Waals surface area contributed by atoms with Crippen molar-refractivity contribution in [2.75, 3.05) is 0 Å². The van der Waals surface area contributed by atoms with Crippen LogP contribution < -0.4 is 0 Å². The number of unbranched alkanes of at least 4 members (excludes halogenated alkanes) is 5. The molecule has 0 aliphatic carbocycles. The van der Waals surface area contributed by atoms with Crippen LogP contribution in [0.5, 0.6) is 0 Å². The van der Waals surface area contributed by atoms with Crippen LogP contribution in [0, 0.1) is 0 Å². The first-order valence-corrected chi connectivity index (χ1v) is 7.45. The normalized spacial score (nSPS) is 10.0. The van der Waals surface area contributed by atoms with Crippen LogP contribution in [0.4, 0.5) is 0 Å². The standard InChI is InChI=1S/C16H26O5/c1-12(2)13(3)16(20)21-15(19)11-9-7-5-4-6-8-10-14(17)18/h4-11H2,1-3H3,(H,17,18). The Kier molecular flexibility index (Phi) is 10.2. The Balaban J connectivity index is 3.61. The van der Waals surface area contributed by atoms with E-state index in [0.717, 1.165) is 31.3 Å². The lowest BCUT2D eigenvalue weighted by molar-refractivity contribution is -0.157. The molecule has 0 heterocycles. The average molecular weight is 298 g/mol. The van der Waals surface area contributed by atoms with E-state index in [1.807, 2.05) is 0 Å². The lowest BCUT2D eigenvalue weighted by atomic mass is 10.1. The van der Waals surface area contributed by atoms with Crippen molar-refractivity contribution in [2.24, 2.45) is 0 Å². The molecule has 0 bridgehead atoms. The molecule has 5 nitrogen and oxygen atoms in total. The first kappa shape index (κ1) is 19.4. The van der Waals surface area contributed by atoms with Crippen LogP contribution in [0.2, 0.25) is 0 Å². The van der Waals surface area contributed by atoms with Crippen molar-refractivity contribution in [3.63, 3.8) is 0 Å². The van der Waals surface area contributed by atoms with Gasteiger partial charge in [-0.25, -0.2) is 4.79 Å². The fourth-order valence-corrected chi connectivity index (χ4v) is 1.69. The van der Waals surface area contributed by atoms with Crippen molar-refractivity contribution < 1.29 is 24.2 Å². The molecule has 0 aromatic carbocycles. The fraction of sp³-hybridized carbons (Fsp3) is 0.688. The Morgan fingerprint density at radius 2 is 1.29 bits per heavy atom. The zero-order chi connectivity index (χ0) is 16.3. The lowest BCUT2D eigenvalue weighted by Gasteiger charge is -2.04. The second-order valence-corrected chi connectivity index (χ2v) is 5.40. The van der Waals surface area contributed by atoms with E-state index in [1.54, 1.807) is 20.8 Å².